The molecule has 0 saturated carbocycles. The monoisotopic (exact) mass is 242 g/mol. The minimum Gasteiger partial charge on any atom is -0.480 e. The Labute approximate surface area is 95.6 Å². The molecular weight excluding hydrogens is 232 g/mol. The van der Waals surface area contributed by atoms with Gasteiger partial charge in [0.25, 0.3) is 5.91 Å². The zero-order chi connectivity index (χ0) is 11.7. The predicted octanol–water partition coefficient (Wildman–Crippen LogP) is 0.583. The molecule has 1 fully saturated rings. The van der Waals surface area contributed by atoms with Gasteiger partial charge in [-0.2, -0.15) is 0 Å². The normalized spacial score (nSPS) is 20.1. The van der Waals surface area contributed by atoms with Gasteiger partial charge in [0, 0.05) is 11.3 Å². The minimum absolute atomic E-state index is 0.119. The molecule has 1 unspecified atom stereocenters. The largest absolute Gasteiger partial charge is 0.480 e. The molecule has 7 heteroatoms. The lowest BCUT2D eigenvalue weighted by atomic mass is 10.2. The number of hydrogen-bond donors (Lipinski definition) is 1. The van der Waals surface area contributed by atoms with E-state index >= 15 is 0 Å². The number of carboxylic acid groups (broad SMARTS) is 1. The zero-order valence-corrected chi connectivity index (χ0v) is 9.36. The first-order chi connectivity index (χ1) is 7.61. The average Bonchev–Trinajstić information content (AvgIpc) is 2.84. The number of aliphatic carboxylic acids is 1. The lowest BCUT2D eigenvalue weighted by Crippen LogP contribution is -2.41. The Kier molecular flexibility index (Phi) is 2.86. The first-order valence-corrected chi connectivity index (χ1v) is 5.79. The smallest absolute Gasteiger partial charge is 0.327 e. The summed E-state index contributed by atoms with van der Waals surface area (Å²) in [6.45, 7) is 1.70. The highest BCUT2D eigenvalue weighted by Crippen LogP contribution is 2.24. The van der Waals surface area contributed by atoms with Crippen LogP contribution >= 0.6 is 11.8 Å². The maximum absolute atomic E-state index is 12.0. The summed E-state index contributed by atoms with van der Waals surface area (Å²) < 4.78 is 4.82. The van der Waals surface area contributed by atoms with Gasteiger partial charge in [-0.3, -0.25) is 4.79 Å². The molecule has 1 saturated heterocycles. The molecule has 0 aliphatic carbocycles. The summed E-state index contributed by atoms with van der Waals surface area (Å²) >= 11 is 1.41. The molecule has 1 aromatic rings. The van der Waals surface area contributed by atoms with E-state index in [0.717, 1.165) is 0 Å². The first kappa shape index (κ1) is 11.0. The van der Waals surface area contributed by atoms with E-state index in [2.05, 4.69) is 5.16 Å². The molecule has 6 nitrogen and oxygen atoms in total. The summed E-state index contributed by atoms with van der Waals surface area (Å²) in [5.41, 5.74) is 0.617. The van der Waals surface area contributed by atoms with Crippen LogP contribution in [0.3, 0.4) is 0 Å². The maximum atomic E-state index is 12.0. The quantitative estimate of drug-likeness (QED) is 0.816. The highest BCUT2D eigenvalue weighted by atomic mass is 32.2. The predicted molar refractivity (Wildman–Crippen MR) is 56.2 cm³/mol. The van der Waals surface area contributed by atoms with Crippen LogP contribution in [0.1, 0.15) is 16.1 Å². The fourth-order valence-electron chi connectivity index (χ4n) is 1.47. The minimum atomic E-state index is -0.990. The summed E-state index contributed by atoms with van der Waals surface area (Å²) in [7, 11) is 0. The highest BCUT2D eigenvalue weighted by Gasteiger charge is 2.36. The van der Waals surface area contributed by atoms with Crippen molar-refractivity contribution in [3.8, 4) is 0 Å². The topological polar surface area (TPSA) is 83.6 Å². The Bertz CT molecular complexity index is 431. The second-order valence-corrected chi connectivity index (χ2v) is 4.47. The van der Waals surface area contributed by atoms with Crippen LogP contribution in [0.25, 0.3) is 0 Å². The Morgan fingerprint density at radius 2 is 2.44 bits per heavy atom. The van der Waals surface area contributed by atoms with Crippen molar-refractivity contribution in [2.75, 3.05) is 11.6 Å². The van der Waals surface area contributed by atoms with Crippen LogP contribution in [-0.2, 0) is 4.79 Å². The number of hydrogen-bond acceptors (Lipinski definition) is 5. The van der Waals surface area contributed by atoms with Gasteiger partial charge in [0.2, 0.25) is 5.76 Å². The number of amides is 1. The number of aromatic nitrogens is 1. The second-order valence-electron chi connectivity index (χ2n) is 3.47. The van der Waals surface area contributed by atoms with E-state index in [0.29, 0.717) is 17.2 Å². The van der Waals surface area contributed by atoms with E-state index in [1.54, 1.807) is 6.92 Å². The van der Waals surface area contributed by atoms with E-state index in [4.69, 9.17) is 9.63 Å². The van der Waals surface area contributed by atoms with Crippen molar-refractivity contribution in [2.24, 2.45) is 0 Å². The third kappa shape index (κ3) is 1.78. The van der Waals surface area contributed by atoms with Gasteiger partial charge < -0.3 is 14.5 Å². The first-order valence-electron chi connectivity index (χ1n) is 4.64. The maximum Gasteiger partial charge on any atom is 0.327 e. The third-order valence-electron chi connectivity index (χ3n) is 2.37. The fraction of sp³-hybridized carbons (Fsp3) is 0.444. The molecule has 1 atom stereocenters. The van der Waals surface area contributed by atoms with Gasteiger partial charge in [-0.15, -0.1) is 11.8 Å². The summed E-state index contributed by atoms with van der Waals surface area (Å²) in [6.07, 6.45) is 1.44. The van der Waals surface area contributed by atoms with Crippen molar-refractivity contribution in [3.05, 3.63) is 17.5 Å². The van der Waals surface area contributed by atoms with Gasteiger partial charge in [0.1, 0.15) is 6.04 Å². The van der Waals surface area contributed by atoms with Crippen LogP contribution in [0, 0.1) is 6.92 Å². The van der Waals surface area contributed by atoms with Crippen LogP contribution in [-0.4, -0.2) is 44.7 Å². The molecule has 2 rings (SSSR count). The highest BCUT2D eigenvalue weighted by molar-refractivity contribution is 7.99. The summed E-state index contributed by atoms with van der Waals surface area (Å²) in [4.78, 5) is 24.2. The lowest BCUT2D eigenvalue weighted by Gasteiger charge is -2.18. The SMILES string of the molecule is Cc1cnoc1C(=O)N1CSCC1C(=O)O. The number of carbonyl (C=O) groups excluding carboxylic acids is 1. The van der Waals surface area contributed by atoms with Gasteiger partial charge in [-0.1, -0.05) is 5.16 Å². The van der Waals surface area contributed by atoms with E-state index in [1.807, 2.05) is 0 Å². The van der Waals surface area contributed by atoms with E-state index < -0.39 is 17.9 Å². The number of rotatable bonds is 2. The van der Waals surface area contributed by atoms with E-state index in [9.17, 15) is 9.59 Å². The molecular formula is C9H10N2O4S. The van der Waals surface area contributed by atoms with Gasteiger partial charge in [0.05, 0.1) is 12.1 Å². The molecule has 1 aromatic heterocycles. The molecule has 1 N–H and O–H groups in total. The average molecular weight is 242 g/mol. The molecule has 0 bridgehead atoms. The summed E-state index contributed by atoms with van der Waals surface area (Å²) in [6, 6.07) is -0.776. The standard InChI is InChI=1S/C9H10N2O4S/c1-5-2-10-15-7(5)8(12)11-4-16-3-6(11)9(13)14/h2,6H,3-4H2,1H3,(H,13,14). The molecule has 0 spiro atoms. The van der Waals surface area contributed by atoms with Crippen molar-refractivity contribution in [3.63, 3.8) is 0 Å². The number of nitrogens with zero attached hydrogens (tertiary/aromatic N) is 2. The third-order valence-corrected chi connectivity index (χ3v) is 3.38. The molecule has 1 aliphatic heterocycles. The second kappa shape index (κ2) is 4.17. The summed E-state index contributed by atoms with van der Waals surface area (Å²) in [5, 5.41) is 12.5. The molecule has 2 heterocycles. The van der Waals surface area contributed by atoms with Crippen molar-refractivity contribution in [1.82, 2.24) is 10.1 Å². The Balaban J connectivity index is 2.22. The van der Waals surface area contributed by atoms with Crippen LogP contribution < -0.4 is 0 Å². The van der Waals surface area contributed by atoms with Crippen LogP contribution in [0.2, 0.25) is 0 Å². The van der Waals surface area contributed by atoms with E-state index in [1.165, 1.54) is 22.9 Å². The Morgan fingerprint density at radius 1 is 1.69 bits per heavy atom. The molecule has 0 radical (unpaired) electrons. The molecule has 16 heavy (non-hydrogen) atoms. The Hall–Kier alpha value is -1.50. The Morgan fingerprint density at radius 3 is 3.00 bits per heavy atom. The molecule has 86 valence electrons. The van der Waals surface area contributed by atoms with Crippen molar-refractivity contribution in [2.45, 2.75) is 13.0 Å². The van der Waals surface area contributed by atoms with Gasteiger partial charge in [-0.05, 0) is 6.92 Å². The summed E-state index contributed by atoms with van der Waals surface area (Å²) in [5.74, 6) is -0.499. The molecule has 1 amide bonds. The van der Waals surface area contributed by atoms with Crippen molar-refractivity contribution in [1.29, 1.82) is 0 Å². The van der Waals surface area contributed by atoms with Crippen LogP contribution in [0.15, 0.2) is 10.7 Å². The lowest BCUT2D eigenvalue weighted by molar-refractivity contribution is -0.140. The van der Waals surface area contributed by atoms with Gasteiger partial charge in [-0.25, -0.2) is 4.79 Å². The van der Waals surface area contributed by atoms with Gasteiger partial charge >= 0.3 is 5.97 Å². The van der Waals surface area contributed by atoms with Crippen LogP contribution in [0.4, 0.5) is 0 Å². The number of carboxylic acids is 1. The number of carbonyl (C=O) groups is 2. The van der Waals surface area contributed by atoms with Crippen LogP contribution in [0.5, 0.6) is 0 Å². The zero-order valence-electron chi connectivity index (χ0n) is 8.54. The van der Waals surface area contributed by atoms with Crippen molar-refractivity contribution >= 4 is 23.6 Å². The van der Waals surface area contributed by atoms with E-state index in [-0.39, 0.29) is 5.76 Å². The molecule has 0 aromatic carbocycles. The number of thioether (sulfide) groups is 1. The van der Waals surface area contributed by atoms with Crippen molar-refractivity contribution < 1.29 is 19.2 Å². The molecule has 1 aliphatic rings. The fourth-order valence-corrected chi connectivity index (χ4v) is 2.62. The van der Waals surface area contributed by atoms with Gasteiger partial charge in [0.15, 0.2) is 0 Å². The number of aryl methyl sites for hydroxylation is 1.